The molecular weight excluding hydrogens is 2120 g/mol. The first-order valence-corrected chi connectivity index (χ1v) is 70.1. The van der Waals surface area contributed by atoms with Gasteiger partial charge in [0.05, 0.1) is 72.2 Å². The maximum absolute atomic E-state index is 16.0. The normalized spacial score (nSPS) is 14.7. The molecule has 150 heavy (non-hydrogen) atoms. The van der Waals surface area contributed by atoms with Crippen molar-refractivity contribution in [2.75, 3.05) is 26.2 Å². The average Bonchev–Trinajstić information content (AvgIpc) is 1.55. The Morgan fingerprint density at radius 1 is 0.207 bits per heavy atom. The second-order valence-corrected chi connectivity index (χ2v) is 55.9. The van der Waals surface area contributed by atoms with Gasteiger partial charge in [-0.1, -0.05) is 417 Å². The van der Waals surface area contributed by atoms with Crippen molar-refractivity contribution in [3.63, 3.8) is 0 Å². The van der Waals surface area contributed by atoms with Crippen LogP contribution in [0, 0.1) is 23.7 Å². The largest absolute Gasteiger partial charge is 0.306 e. The van der Waals surface area contributed by atoms with Gasteiger partial charge >= 0.3 is 0 Å². The molecule has 4 unspecified atom stereocenters. The van der Waals surface area contributed by atoms with Crippen molar-refractivity contribution in [1.29, 1.82) is 0 Å². The van der Waals surface area contributed by atoms with Crippen molar-refractivity contribution < 1.29 is 19.2 Å². The number of rotatable bonds is 84. The van der Waals surface area contributed by atoms with Crippen molar-refractivity contribution in [2.45, 2.75) is 520 Å². The third-order valence-electron chi connectivity index (χ3n) is 32.2. The highest BCUT2D eigenvalue weighted by Crippen LogP contribution is 2.56. The van der Waals surface area contributed by atoms with Gasteiger partial charge in [0, 0.05) is 65.2 Å². The summed E-state index contributed by atoms with van der Waals surface area (Å²) < 4.78 is 2.45. The molecule has 4 aliphatic rings. The van der Waals surface area contributed by atoms with E-state index in [2.05, 4.69) is 218 Å². The van der Waals surface area contributed by atoms with E-state index in [1.165, 1.54) is 428 Å². The molecule has 0 aliphatic carbocycles. The van der Waals surface area contributed by atoms with Crippen molar-refractivity contribution in [3.8, 4) is 39.0 Å². The molecule has 18 heteroatoms. The number of thiophene rings is 8. The molecule has 4 atom stereocenters. The number of fused-ring (bicyclic) bond motifs is 2. The van der Waals surface area contributed by atoms with Gasteiger partial charge in [-0.05, 0) is 264 Å². The smallest absolute Gasteiger partial charge is 0.261 e. The maximum atomic E-state index is 16.0. The Morgan fingerprint density at radius 2 is 0.393 bits per heavy atom. The summed E-state index contributed by atoms with van der Waals surface area (Å²) in [6.07, 6.45) is 83.7. The number of aryl methyl sites for hydroxylation is 4. The highest BCUT2D eigenvalue weighted by atomic mass is 79.9. The number of amides is 4. The summed E-state index contributed by atoms with van der Waals surface area (Å²) in [5.41, 5.74) is 11.8. The first-order chi connectivity index (χ1) is 73.5. The minimum Gasteiger partial charge on any atom is -0.306 e. The highest BCUT2D eigenvalue weighted by molar-refractivity contribution is 9.11. The summed E-state index contributed by atoms with van der Waals surface area (Å²) in [4.78, 5) is 86.7. The van der Waals surface area contributed by atoms with Gasteiger partial charge in [0.1, 0.15) is 0 Å². The quantitative estimate of drug-likeness (QED) is 0.0356. The predicted octanol–water partition coefficient (Wildman–Crippen LogP) is 45.5. The fraction of sp³-hybridized carbons (Fsp3) is 0.667. The van der Waals surface area contributed by atoms with Gasteiger partial charge in [0.2, 0.25) is 0 Å². The molecule has 0 aromatic carbocycles. The molecule has 8 nitrogen and oxygen atoms in total. The van der Waals surface area contributed by atoms with Gasteiger partial charge in [-0.3, -0.25) is 19.2 Å². The number of hydrogen-bond donors (Lipinski definition) is 0. The number of halogens is 2. The Bertz CT molecular complexity index is 5010. The van der Waals surface area contributed by atoms with Crippen LogP contribution >= 0.6 is 123 Å². The molecule has 4 amide bonds. The van der Waals surface area contributed by atoms with E-state index in [0.29, 0.717) is 72.1 Å². The second kappa shape index (κ2) is 71.8. The second-order valence-electron chi connectivity index (χ2n) is 45.0. The minimum atomic E-state index is 0.0409. The number of carbonyl (C=O) groups excluding carboxylic acids is 4. The lowest BCUT2D eigenvalue weighted by atomic mass is 9.93. The summed E-state index contributed by atoms with van der Waals surface area (Å²) in [6, 6.07) is 27.7. The van der Waals surface area contributed by atoms with E-state index in [-0.39, 0.29) is 23.6 Å². The van der Waals surface area contributed by atoms with Gasteiger partial charge < -0.3 is 19.6 Å². The van der Waals surface area contributed by atoms with Gasteiger partial charge in [-0.25, -0.2) is 0 Å². The van der Waals surface area contributed by atoms with Crippen LogP contribution in [0.3, 0.4) is 0 Å². The minimum absolute atomic E-state index is 0.0409. The van der Waals surface area contributed by atoms with E-state index in [4.69, 9.17) is 0 Å². The van der Waals surface area contributed by atoms with E-state index in [9.17, 15) is 0 Å². The maximum Gasteiger partial charge on any atom is 0.261 e. The van der Waals surface area contributed by atoms with Crippen molar-refractivity contribution in [3.05, 3.63) is 155 Å². The molecule has 12 heterocycles. The Balaban J connectivity index is 0.000000285. The van der Waals surface area contributed by atoms with Crippen molar-refractivity contribution >= 4 is 169 Å². The van der Waals surface area contributed by atoms with Crippen LogP contribution in [0.2, 0.25) is 0 Å². The zero-order valence-electron chi connectivity index (χ0n) is 95.7. The third-order valence-corrected chi connectivity index (χ3v) is 43.3. The van der Waals surface area contributed by atoms with Gasteiger partial charge in [-0.2, -0.15) is 0 Å². The molecule has 0 fully saturated rings. The van der Waals surface area contributed by atoms with Crippen LogP contribution in [0.15, 0.2) is 113 Å². The Labute approximate surface area is 962 Å². The molecular formula is C132H198Br2N4O4S8. The first-order valence-electron chi connectivity index (χ1n) is 61.9. The van der Waals surface area contributed by atoms with Crippen LogP contribution in [0.4, 0.5) is 0 Å². The van der Waals surface area contributed by atoms with Crippen LogP contribution in [0.5, 0.6) is 0 Å². The molecule has 12 rings (SSSR count). The molecule has 0 saturated carbocycles. The predicted molar refractivity (Wildman–Crippen MR) is 673 cm³/mol. The molecule has 832 valence electrons. The zero-order valence-corrected chi connectivity index (χ0v) is 105. The van der Waals surface area contributed by atoms with Gasteiger partial charge in [-0.15, -0.1) is 90.7 Å². The topological polar surface area (TPSA) is 81.2 Å². The van der Waals surface area contributed by atoms with Gasteiger partial charge in [0.15, 0.2) is 0 Å². The molecule has 0 saturated heterocycles. The lowest BCUT2D eigenvalue weighted by molar-refractivity contribution is -0.124. The molecule has 0 spiro atoms. The number of carbonyl (C=O) groups is 4. The molecule has 0 bridgehead atoms. The molecule has 8 aromatic rings. The van der Waals surface area contributed by atoms with Crippen LogP contribution in [0.25, 0.3) is 61.8 Å². The number of unbranched alkanes of at least 4 members (excludes halogenated alkanes) is 44. The summed E-state index contributed by atoms with van der Waals surface area (Å²) in [6.45, 7) is 30.2. The summed E-state index contributed by atoms with van der Waals surface area (Å²) in [7, 11) is 0. The highest BCUT2D eigenvalue weighted by Gasteiger charge is 2.53. The van der Waals surface area contributed by atoms with E-state index >= 15 is 19.2 Å². The van der Waals surface area contributed by atoms with E-state index in [1.807, 2.05) is 45.3 Å². The summed E-state index contributed by atoms with van der Waals surface area (Å²) in [5.74, 6) is 1.74. The summed E-state index contributed by atoms with van der Waals surface area (Å²) >= 11 is 22.4. The SMILES string of the molecule is CCCCCCCCC(CCCCCC)CN1C(=O)C2=C(c3ccc(-c4cc(CCCCCC)c(Br)s4)s3)N(CC(CCCCCC)CCCCCCCC)C(=O)C2=C1c1ccc(-c2cc(CCCCCC)c(Br)s2)s1.CCCCCCCCC(CCCCCC)CN1C(=O)C2=C(c3ccc(-c4cc(CCCCCC)cs4)s3)N(CC(CCCCCC)CCCCCCCC)C(=O)C2=C1c1ccc(-c2cc(CCCCCC)cs2)s1. The lowest BCUT2D eigenvalue weighted by Gasteiger charge is -2.29. The first kappa shape index (κ1) is 126. The standard InChI is InChI=1S/C66H98Br2N2O2S4.C66H100N2O2S4/c1-7-13-19-25-27-31-37-49(35-29-21-15-9-3)47-69-61(55-43-41-53(73-55)57-45-51(63(67)75-57)39-33-23-17-11-5)59-60(65(69)71)62(56-44-42-54(74-56)58-46-52(64(68)76-58)40-34-24-18-12-6)70(66(59)72)48-50(36-30-22-16-10-4)38-32-28-26-20-14-8-2;1-7-13-19-25-27-33-37-51(35-29-21-15-9-3)47-67-63(57-43-41-55(73-57)59-45-53(49-71-59)39-31-23-17-11-5)61-62(65(67)69)64(58-44-42-56(74-58)60-46-54(50-72-60)40-32-24-18-12-6)68(66(61)70)48-52(36-30-22-16-10-4)38-34-28-26-20-14-8-2/h41-46,49-50H,7-40,47-48H2,1-6H3;41-46,49-52H,7-40,47-48H2,1-6H3. The van der Waals surface area contributed by atoms with Crippen molar-refractivity contribution in [2.24, 2.45) is 23.7 Å². The Kier molecular flexibility index (Phi) is 60.1. The Hall–Kier alpha value is -4.60. The molecule has 8 aromatic heterocycles. The van der Waals surface area contributed by atoms with Crippen LogP contribution in [-0.2, 0) is 44.9 Å². The summed E-state index contributed by atoms with van der Waals surface area (Å²) in [5, 5.41) is 4.71. The van der Waals surface area contributed by atoms with Gasteiger partial charge in [0.25, 0.3) is 23.6 Å². The van der Waals surface area contributed by atoms with E-state index in [0.717, 1.165) is 119 Å². The lowest BCUT2D eigenvalue weighted by Crippen LogP contribution is -2.34. The third kappa shape index (κ3) is 38.9. The fourth-order valence-electron chi connectivity index (χ4n) is 23.2. The fourth-order valence-corrected chi connectivity index (χ4v) is 33.3. The number of nitrogens with zero attached hydrogens (tertiary/aromatic N) is 4. The van der Waals surface area contributed by atoms with E-state index < -0.39 is 0 Å². The zero-order chi connectivity index (χ0) is 106. The van der Waals surface area contributed by atoms with Crippen LogP contribution in [-0.4, -0.2) is 69.4 Å². The monoisotopic (exact) mass is 2320 g/mol. The Morgan fingerprint density at radius 3 is 0.620 bits per heavy atom. The molecule has 0 N–H and O–H groups in total. The van der Waals surface area contributed by atoms with Crippen LogP contribution < -0.4 is 0 Å². The van der Waals surface area contributed by atoms with Crippen molar-refractivity contribution in [1.82, 2.24) is 19.6 Å². The van der Waals surface area contributed by atoms with E-state index in [1.54, 1.807) is 45.3 Å². The molecule has 4 aliphatic heterocycles. The molecule has 0 radical (unpaired) electrons. The van der Waals surface area contributed by atoms with Crippen LogP contribution in [0.1, 0.15) is 536 Å². The average molecular weight is 2320 g/mol. The number of hydrogen-bond acceptors (Lipinski definition) is 12.